The van der Waals surface area contributed by atoms with Gasteiger partial charge in [-0.25, -0.2) is 0 Å². The van der Waals surface area contributed by atoms with Crippen LogP contribution in [0.2, 0.25) is 0 Å². The predicted octanol–water partition coefficient (Wildman–Crippen LogP) is 3.21. The number of thiophene rings is 1. The van der Waals surface area contributed by atoms with Gasteiger partial charge in [-0.15, -0.1) is 11.3 Å². The number of hydrogen-bond donors (Lipinski definition) is 2. The third kappa shape index (κ3) is 2.54. The molecule has 1 aromatic heterocycles. The molecule has 3 nitrogen and oxygen atoms in total. The van der Waals surface area contributed by atoms with Crippen LogP contribution in [0.5, 0.6) is 0 Å². The first-order valence-electron chi connectivity index (χ1n) is 6.02. The van der Waals surface area contributed by atoms with Crippen LogP contribution in [0.4, 0.5) is 5.69 Å². The number of amides is 1. The van der Waals surface area contributed by atoms with Crippen molar-refractivity contribution in [1.29, 1.82) is 0 Å². The van der Waals surface area contributed by atoms with Gasteiger partial charge in [-0.1, -0.05) is 32.0 Å². The fraction of sp³-hybridized carbons (Fsp3) is 0.357. The van der Waals surface area contributed by atoms with Gasteiger partial charge in [0, 0.05) is 20.9 Å². The maximum atomic E-state index is 12.2. The van der Waals surface area contributed by atoms with Crippen LogP contribution < -0.4 is 11.1 Å². The van der Waals surface area contributed by atoms with Crippen molar-refractivity contribution in [2.75, 3.05) is 11.9 Å². The summed E-state index contributed by atoms with van der Waals surface area (Å²) in [6, 6.07) is 8.07. The molecule has 0 saturated heterocycles. The van der Waals surface area contributed by atoms with Gasteiger partial charge in [0.2, 0.25) is 5.91 Å². The van der Waals surface area contributed by atoms with Gasteiger partial charge in [0.15, 0.2) is 0 Å². The van der Waals surface area contributed by atoms with Gasteiger partial charge in [0.05, 0.1) is 5.69 Å². The van der Waals surface area contributed by atoms with E-state index in [-0.39, 0.29) is 5.91 Å². The summed E-state index contributed by atoms with van der Waals surface area (Å²) in [5.74, 6) is 0.0245. The van der Waals surface area contributed by atoms with E-state index >= 15 is 0 Å². The summed E-state index contributed by atoms with van der Waals surface area (Å²) in [4.78, 5) is 12.2. The highest BCUT2D eigenvalue weighted by Gasteiger charge is 2.27. The quantitative estimate of drug-likeness (QED) is 0.889. The van der Waals surface area contributed by atoms with Crippen molar-refractivity contribution in [2.24, 2.45) is 11.1 Å². The minimum Gasteiger partial charge on any atom is -0.330 e. The molecule has 0 spiro atoms. The number of fused-ring (bicyclic) bond motifs is 1. The molecule has 18 heavy (non-hydrogen) atoms. The fourth-order valence-electron chi connectivity index (χ4n) is 1.84. The highest BCUT2D eigenvalue weighted by Crippen LogP contribution is 2.31. The summed E-state index contributed by atoms with van der Waals surface area (Å²) in [5.41, 5.74) is 6.00. The average molecular weight is 262 g/mol. The molecule has 3 N–H and O–H groups in total. The van der Waals surface area contributed by atoms with Crippen molar-refractivity contribution < 1.29 is 4.79 Å². The highest BCUT2D eigenvalue weighted by molar-refractivity contribution is 7.17. The van der Waals surface area contributed by atoms with E-state index in [1.165, 1.54) is 4.70 Å². The van der Waals surface area contributed by atoms with Crippen molar-refractivity contribution in [3.8, 4) is 0 Å². The van der Waals surface area contributed by atoms with Gasteiger partial charge in [-0.05, 0) is 19.0 Å². The van der Waals surface area contributed by atoms with Crippen molar-refractivity contribution in [1.82, 2.24) is 0 Å². The summed E-state index contributed by atoms with van der Waals surface area (Å²) in [5, 5.41) is 6.09. The average Bonchev–Trinajstić information content (AvgIpc) is 2.73. The third-order valence-electron chi connectivity index (χ3n) is 3.11. The lowest BCUT2D eigenvalue weighted by Gasteiger charge is -2.22. The summed E-state index contributed by atoms with van der Waals surface area (Å²) in [7, 11) is 0. The van der Waals surface area contributed by atoms with E-state index in [1.807, 2.05) is 37.4 Å². The minimum absolute atomic E-state index is 0.0245. The second-order valence-electron chi connectivity index (χ2n) is 5.02. The van der Waals surface area contributed by atoms with Crippen molar-refractivity contribution in [3.63, 3.8) is 0 Å². The molecule has 0 aliphatic carbocycles. The molecule has 4 heteroatoms. The van der Waals surface area contributed by atoms with Crippen LogP contribution in [-0.4, -0.2) is 12.5 Å². The van der Waals surface area contributed by atoms with Crippen LogP contribution in [0.3, 0.4) is 0 Å². The maximum Gasteiger partial charge on any atom is 0.230 e. The molecule has 2 aromatic rings. The normalized spacial score (nSPS) is 11.7. The second-order valence-corrected chi connectivity index (χ2v) is 5.93. The first-order chi connectivity index (χ1) is 8.54. The lowest BCUT2D eigenvalue weighted by molar-refractivity contribution is -0.124. The smallest absolute Gasteiger partial charge is 0.230 e. The predicted molar refractivity (Wildman–Crippen MR) is 77.9 cm³/mol. The molecule has 0 unspecified atom stereocenters. The van der Waals surface area contributed by atoms with Crippen LogP contribution >= 0.6 is 11.3 Å². The Kier molecular flexibility index (Phi) is 3.68. The fourth-order valence-corrected chi connectivity index (χ4v) is 2.73. The molecule has 96 valence electrons. The Hall–Kier alpha value is -1.39. The van der Waals surface area contributed by atoms with Crippen LogP contribution in [0, 0.1) is 5.41 Å². The first kappa shape index (κ1) is 13.1. The van der Waals surface area contributed by atoms with Crippen molar-refractivity contribution in [3.05, 3.63) is 29.6 Å². The number of carbonyl (C=O) groups excluding carboxylic acids is 1. The number of anilines is 1. The van der Waals surface area contributed by atoms with Crippen LogP contribution in [0.25, 0.3) is 10.1 Å². The van der Waals surface area contributed by atoms with Gasteiger partial charge in [0.1, 0.15) is 0 Å². The molecule has 1 amide bonds. The zero-order valence-electron chi connectivity index (χ0n) is 10.7. The van der Waals surface area contributed by atoms with Crippen molar-refractivity contribution >= 4 is 33.0 Å². The topological polar surface area (TPSA) is 55.1 Å². The van der Waals surface area contributed by atoms with Crippen LogP contribution in [0.1, 0.15) is 20.3 Å². The number of nitrogens with one attached hydrogen (secondary N) is 1. The molecule has 0 radical (unpaired) electrons. The SMILES string of the molecule is CC(C)(CCN)C(=O)Nc1csc2ccccc12. The number of rotatable bonds is 4. The lowest BCUT2D eigenvalue weighted by atomic mass is 9.88. The van der Waals surface area contributed by atoms with E-state index in [0.29, 0.717) is 13.0 Å². The largest absolute Gasteiger partial charge is 0.330 e. The molecule has 0 saturated carbocycles. The molecule has 1 heterocycles. The van der Waals surface area contributed by atoms with E-state index < -0.39 is 5.41 Å². The van der Waals surface area contributed by atoms with Gasteiger partial charge < -0.3 is 11.1 Å². The Bertz CT molecular complexity index is 560. The van der Waals surface area contributed by atoms with Crippen molar-refractivity contribution in [2.45, 2.75) is 20.3 Å². The summed E-state index contributed by atoms with van der Waals surface area (Å²) >= 11 is 1.64. The molecule has 0 aliphatic heterocycles. The standard InChI is InChI=1S/C14H18N2OS/c1-14(2,7-8-15)13(17)16-11-9-18-12-6-4-3-5-10(11)12/h3-6,9H,7-8,15H2,1-2H3,(H,16,17). The summed E-state index contributed by atoms with van der Waals surface area (Å²) in [6.45, 7) is 4.36. The molecule has 0 aliphatic rings. The highest BCUT2D eigenvalue weighted by atomic mass is 32.1. The zero-order valence-corrected chi connectivity index (χ0v) is 11.5. The van der Waals surface area contributed by atoms with Gasteiger partial charge in [0.25, 0.3) is 0 Å². The Morgan fingerprint density at radius 1 is 1.39 bits per heavy atom. The minimum atomic E-state index is -0.433. The Balaban J connectivity index is 2.21. The van der Waals surface area contributed by atoms with Gasteiger partial charge in [-0.3, -0.25) is 4.79 Å². The number of hydrogen-bond acceptors (Lipinski definition) is 3. The Labute approximate surface area is 111 Å². The van der Waals surface area contributed by atoms with E-state index in [0.717, 1.165) is 11.1 Å². The van der Waals surface area contributed by atoms with Gasteiger partial charge in [-0.2, -0.15) is 0 Å². The molecular formula is C14H18N2OS. The second kappa shape index (κ2) is 5.08. The maximum absolute atomic E-state index is 12.2. The van der Waals surface area contributed by atoms with Crippen LogP contribution in [0.15, 0.2) is 29.6 Å². The van der Waals surface area contributed by atoms with Gasteiger partial charge >= 0.3 is 0 Å². The molecule has 0 atom stereocenters. The number of benzene rings is 1. The van der Waals surface area contributed by atoms with E-state index in [1.54, 1.807) is 11.3 Å². The Morgan fingerprint density at radius 3 is 2.83 bits per heavy atom. The molecule has 0 fully saturated rings. The lowest BCUT2D eigenvalue weighted by Crippen LogP contribution is -2.32. The van der Waals surface area contributed by atoms with Crippen LogP contribution in [-0.2, 0) is 4.79 Å². The molecular weight excluding hydrogens is 244 g/mol. The van der Waals surface area contributed by atoms with E-state index in [9.17, 15) is 4.79 Å². The Morgan fingerprint density at radius 2 is 2.11 bits per heavy atom. The third-order valence-corrected chi connectivity index (χ3v) is 4.08. The first-order valence-corrected chi connectivity index (χ1v) is 6.90. The zero-order chi connectivity index (χ0) is 13.2. The molecule has 1 aromatic carbocycles. The molecule has 2 rings (SSSR count). The number of carbonyl (C=O) groups is 1. The monoisotopic (exact) mass is 262 g/mol. The number of nitrogens with two attached hydrogens (primary N) is 1. The van der Waals surface area contributed by atoms with E-state index in [4.69, 9.17) is 5.73 Å². The summed E-state index contributed by atoms with van der Waals surface area (Å²) < 4.78 is 1.18. The van der Waals surface area contributed by atoms with E-state index in [2.05, 4.69) is 11.4 Å². The molecule has 0 bridgehead atoms. The summed E-state index contributed by atoms with van der Waals surface area (Å²) in [6.07, 6.45) is 0.681.